The third-order valence-corrected chi connectivity index (χ3v) is 3.97. The van der Waals surface area contributed by atoms with E-state index in [0.717, 1.165) is 6.54 Å². The second kappa shape index (κ2) is 5.24. The third-order valence-electron chi connectivity index (χ3n) is 3.97. The summed E-state index contributed by atoms with van der Waals surface area (Å²) in [6.07, 6.45) is 6.56. The van der Waals surface area contributed by atoms with E-state index in [-0.39, 0.29) is 5.41 Å². The average molecular weight is 255 g/mol. The van der Waals surface area contributed by atoms with Crippen LogP contribution in [0.5, 0.6) is 0 Å². The van der Waals surface area contributed by atoms with Crippen molar-refractivity contribution in [1.82, 2.24) is 4.90 Å². The van der Waals surface area contributed by atoms with Gasteiger partial charge in [0, 0.05) is 12.6 Å². The van der Waals surface area contributed by atoms with Crippen molar-refractivity contribution in [3.8, 4) is 0 Å². The maximum absolute atomic E-state index is 2.42. The standard InChI is InChI=1S/C18H25N/c1-14-9-8-12-19(15(14)2)13-16-10-6-7-11-17(16)18(3,4)5/h6-12,15H,13H2,1-5H3. The van der Waals surface area contributed by atoms with Crippen molar-refractivity contribution in [3.63, 3.8) is 0 Å². The van der Waals surface area contributed by atoms with Crippen LogP contribution >= 0.6 is 0 Å². The molecule has 0 aromatic heterocycles. The van der Waals surface area contributed by atoms with Gasteiger partial charge in [0.15, 0.2) is 0 Å². The summed E-state index contributed by atoms with van der Waals surface area (Å²) in [5.74, 6) is 0. The van der Waals surface area contributed by atoms with Gasteiger partial charge in [-0.3, -0.25) is 0 Å². The fourth-order valence-electron chi connectivity index (χ4n) is 2.61. The number of nitrogens with zero attached hydrogens (tertiary/aromatic N) is 1. The van der Waals surface area contributed by atoms with Crippen LogP contribution in [0.15, 0.2) is 48.2 Å². The van der Waals surface area contributed by atoms with E-state index < -0.39 is 0 Å². The second-order valence-corrected chi connectivity index (χ2v) is 6.51. The quantitative estimate of drug-likeness (QED) is 0.743. The van der Waals surface area contributed by atoms with E-state index >= 15 is 0 Å². The molecule has 19 heavy (non-hydrogen) atoms. The van der Waals surface area contributed by atoms with Crippen LogP contribution in [0.4, 0.5) is 0 Å². The molecule has 0 saturated carbocycles. The smallest absolute Gasteiger partial charge is 0.0472 e. The molecule has 0 amide bonds. The van der Waals surface area contributed by atoms with Crippen LogP contribution in [-0.2, 0) is 12.0 Å². The number of benzene rings is 1. The zero-order valence-electron chi connectivity index (χ0n) is 12.8. The molecule has 1 aromatic rings. The summed E-state index contributed by atoms with van der Waals surface area (Å²) in [7, 11) is 0. The lowest BCUT2D eigenvalue weighted by molar-refractivity contribution is 0.310. The minimum atomic E-state index is 0.199. The highest BCUT2D eigenvalue weighted by molar-refractivity contribution is 5.33. The Hall–Kier alpha value is -1.50. The summed E-state index contributed by atoms with van der Waals surface area (Å²) in [5, 5.41) is 0. The van der Waals surface area contributed by atoms with Gasteiger partial charge < -0.3 is 4.90 Å². The minimum Gasteiger partial charge on any atom is -0.367 e. The first-order chi connectivity index (χ1) is 8.89. The summed E-state index contributed by atoms with van der Waals surface area (Å²) in [6.45, 7) is 12.3. The molecule has 1 aliphatic heterocycles. The molecular formula is C18H25N. The van der Waals surface area contributed by atoms with Crippen LogP contribution in [0.3, 0.4) is 0 Å². The molecule has 1 aromatic carbocycles. The van der Waals surface area contributed by atoms with E-state index in [9.17, 15) is 0 Å². The fraction of sp³-hybridized carbons (Fsp3) is 0.444. The van der Waals surface area contributed by atoms with E-state index in [1.54, 1.807) is 0 Å². The molecule has 0 saturated heterocycles. The monoisotopic (exact) mass is 255 g/mol. The van der Waals surface area contributed by atoms with Crippen LogP contribution < -0.4 is 0 Å². The van der Waals surface area contributed by atoms with Crippen molar-refractivity contribution in [1.29, 1.82) is 0 Å². The van der Waals surface area contributed by atoms with Gasteiger partial charge in [-0.25, -0.2) is 0 Å². The Balaban J connectivity index is 2.25. The van der Waals surface area contributed by atoms with Gasteiger partial charge in [0.1, 0.15) is 0 Å². The Labute approximate surface area is 117 Å². The van der Waals surface area contributed by atoms with Crippen LogP contribution in [0.25, 0.3) is 0 Å². The van der Waals surface area contributed by atoms with Crippen LogP contribution in [-0.4, -0.2) is 10.9 Å². The summed E-state index contributed by atoms with van der Waals surface area (Å²) in [6, 6.07) is 9.29. The maximum Gasteiger partial charge on any atom is 0.0472 e. The van der Waals surface area contributed by atoms with E-state index in [1.165, 1.54) is 16.7 Å². The molecule has 102 valence electrons. The molecule has 1 heterocycles. The van der Waals surface area contributed by atoms with E-state index in [4.69, 9.17) is 0 Å². The topological polar surface area (TPSA) is 3.24 Å². The third kappa shape index (κ3) is 3.09. The van der Waals surface area contributed by atoms with Crippen molar-refractivity contribution in [2.45, 2.75) is 52.6 Å². The highest BCUT2D eigenvalue weighted by atomic mass is 15.1. The first-order valence-electron chi connectivity index (χ1n) is 7.08. The van der Waals surface area contributed by atoms with Crippen molar-refractivity contribution >= 4 is 0 Å². The van der Waals surface area contributed by atoms with Gasteiger partial charge >= 0.3 is 0 Å². The first-order valence-corrected chi connectivity index (χ1v) is 7.08. The number of rotatable bonds is 2. The molecule has 0 bridgehead atoms. The zero-order valence-corrected chi connectivity index (χ0v) is 12.8. The molecule has 1 nitrogen and oxygen atoms in total. The van der Waals surface area contributed by atoms with E-state index in [2.05, 4.69) is 82.1 Å². The second-order valence-electron chi connectivity index (χ2n) is 6.51. The van der Waals surface area contributed by atoms with E-state index in [0.29, 0.717) is 6.04 Å². The van der Waals surface area contributed by atoms with Crippen LogP contribution in [0, 0.1) is 0 Å². The summed E-state index contributed by atoms with van der Waals surface area (Å²) in [4.78, 5) is 2.42. The SMILES string of the molecule is CC1=CC=CN(Cc2ccccc2C(C)(C)C)C1C. The van der Waals surface area contributed by atoms with E-state index in [1.807, 2.05) is 0 Å². The van der Waals surface area contributed by atoms with Crippen LogP contribution in [0.1, 0.15) is 45.7 Å². The Morgan fingerprint density at radius 2 is 1.84 bits per heavy atom. The van der Waals surface area contributed by atoms with Gasteiger partial charge in [-0.2, -0.15) is 0 Å². The van der Waals surface area contributed by atoms with Gasteiger partial charge in [-0.15, -0.1) is 0 Å². The summed E-state index contributed by atoms with van der Waals surface area (Å²) in [5.41, 5.74) is 4.50. The Kier molecular flexibility index (Phi) is 3.84. The lowest BCUT2D eigenvalue weighted by Gasteiger charge is -2.33. The number of hydrogen-bond donors (Lipinski definition) is 0. The molecule has 0 N–H and O–H groups in total. The lowest BCUT2D eigenvalue weighted by Crippen LogP contribution is -2.31. The Bertz CT molecular complexity index is 503. The molecule has 2 rings (SSSR count). The van der Waals surface area contributed by atoms with Gasteiger partial charge in [0.2, 0.25) is 0 Å². The molecular weight excluding hydrogens is 230 g/mol. The zero-order chi connectivity index (χ0) is 14.0. The Morgan fingerprint density at radius 3 is 2.53 bits per heavy atom. The molecule has 1 heteroatoms. The average Bonchev–Trinajstić information content (AvgIpc) is 2.34. The lowest BCUT2D eigenvalue weighted by atomic mass is 9.83. The van der Waals surface area contributed by atoms with Crippen molar-refractivity contribution in [2.24, 2.45) is 0 Å². The fourth-order valence-corrected chi connectivity index (χ4v) is 2.61. The molecule has 0 radical (unpaired) electrons. The molecule has 1 unspecified atom stereocenters. The number of allylic oxidation sites excluding steroid dienone is 2. The van der Waals surface area contributed by atoms with Gasteiger partial charge in [-0.05, 0) is 42.7 Å². The maximum atomic E-state index is 2.42. The molecule has 0 fully saturated rings. The normalized spacial score (nSPS) is 19.5. The van der Waals surface area contributed by atoms with Crippen LogP contribution in [0.2, 0.25) is 0 Å². The number of hydrogen-bond acceptors (Lipinski definition) is 1. The summed E-state index contributed by atoms with van der Waals surface area (Å²) >= 11 is 0. The highest BCUT2D eigenvalue weighted by Crippen LogP contribution is 2.28. The molecule has 0 aliphatic carbocycles. The summed E-state index contributed by atoms with van der Waals surface area (Å²) < 4.78 is 0. The minimum absolute atomic E-state index is 0.199. The first kappa shape index (κ1) is 13.9. The van der Waals surface area contributed by atoms with Crippen molar-refractivity contribution in [3.05, 3.63) is 59.3 Å². The molecule has 0 spiro atoms. The molecule has 1 atom stereocenters. The van der Waals surface area contributed by atoms with Gasteiger partial charge in [-0.1, -0.05) is 56.7 Å². The predicted octanol–water partition coefficient (Wildman–Crippen LogP) is 4.65. The largest absolute Gasteiger partial charge is 0.367 e. The van der Waals surface area contributed by atoms with Gasteiger partial charge in [0.05, 0.1) is 0 Å². The Morgan fingerprint density at radius 1 is 1.16 bits per heavy atom. The van der Waals surface area contributed by atoms with Gasteiger partial charge in [0.25, 0.3) is 0 Å². The molecule has 1 aliphatic rings. The highest BCUT2D eigenvalue weighted by Gasteiger charge is 2.20. The predicted molar refractivity (Wildman–Crippen MR) is 83.0 cm³/mol. The van der Waals surface area contributed by atoms with Crippen molar-refractivity contribution in [2.75, 3.05) is 0 Å². The van der Waals surface area contributed by atoms with Crippen molar-refractivity contribution < 1.29 is 0 Å².